The van der Waals surface area contributed by atoms with Gasteiger partial charge in [-0.2, -0.15) is 0 Å². The van der Waals surface area contributed by atoms with E-state index in [4.69, 9.17) is 99.5 Å². The molecule has 0 radical (unpaired) electrons. The normalized spacial score (nSPS) is 25.8. The van der Waals surface area contributed by atoms with Crippen molar-refractivity contribution in [3.8, 4) is 0 Å². The van der Waals surface area contributed by atoms with Crippen molar-refractivity contribution in [2.45, 2.75) is 365 Å². The van der Waals surface area contributed by atoms with E-state index < -0.39 is 297 Å². The Kier molecular flexibility index (Phi) is 44.4. The number of nitrogens with one attached hydrogen (secondary N) is 3. The third-order valence-electron chi connectivity index (χ3n) is 20.3. The third kappa shape index (κ3) is 33.0. The molecule has 0 aromatic heterocycles. The monoisotopic (exact) mass is 1760 g/mol. The summed E-state index contributed by atoms with van der Waals surface area (Å²) in [4.78, 5) is 244. The third-order valence-corrected chi connectivity index (χ3v) is 20.3. The van der Waals surface area contributed by atoms with Crippen LogP contribution in [0, 0.1) is 23.2 Å². The van der Waals surface area contributed by atoms with Gasteiger partial charge in [0.05, 0.1) is 0 Å². The lowest BCUT2D eigenvalue weighted by atomic mass is 9.83. The molecule has 27 atom stereocenters. The molecule has 3 fully saturated rings. The van der Waals surface area contributed by atoms with Gasteiger partial charge < -0.3 is 115 Å². The number of hydrogen-bond donors (Lipinski definition) is 3. The Balaban J connectivity index is 2.55. The molecule has 3 N–H and O–H groups in total. The maximum absolute atomic E-state index is 15.7. The molecule has 42 heteroatoms. The highest BCUT2D eigenvalue weighted by molar-refractivity contribution is 5.87. The number of carbonyl (C=O) groups excluding carboxylic acids is 18. The smallest absolute Gasteiger partial charge is 0.303 e. The summed E-state index contributed by atoms with van der Waals surface area (Å²) in [6.45, 7) is 28.2. The lowest BCUT2D eigenvalue weighted by molar-refractivity contribution is -0.324. The van der Waals surface area contributed by atoms with E-state index in [-0.39, 0.29) is 44.9 Å². The van der Waals surface area contributed by atoms with Gasteiger partial charge in [0.15, 0.2) is 92.1 Å². The van der Waals surface area contributed by atoms with Crippen LogP contribution >= 0.6 is 0 Å². The van der Waals surface area contributed by atoms with Gasteiger partial charge >= 0.3 is 89.5 Å². The lowest BCUT2D eigenvalue weighted by Gasteiger charge is -2.46. The minimum absolute atomic E-state index is 0.0183. The fourth-order valence-corrected chi connectivity index (χ4v) is 14.2. The van der Waals surface area contributed by atoms with E-state index in [1.165, 1.54) is 6.92 Å². The predicted octanol–water partition coefficient (Wildman–Crippen LogP) is 3.41. The number of hydrogen-bond acceptors (Lipinski definition) is 39. The number of amides is 3. The van der Waals surface area contributed by atoms with Crippen molar-refractivity contribution >= 4 is 107 Å². The van der Waals surface area contributed by atoms with Gasteiger partial charge in [-0.3, -0.25) is 86.3 Å². The predicted molar refractivity (Wildman–Crippen MR) is 415 cm³/mol. The minimum atomic E-state index is -2.30. The van der Waals surface area contributed by atoms with Gasteiger partial charge in [-0.1, -0.05) is 88.5 Å². The van der Waals surface area contributed by atoms with Gasteiger partial charge in [0.25, 0.3) is 17.7 Å². The van der Waals surface area contributed by atoms with Crippen molar-refractivity contribution in [3.05, 3.63) is 0 Å². The Morgan fingerprint density at radius 1 is 0.260 bits per heavy atom. The standard InChI is InChI=1S/C81H125N3O39/c1-26-36(8)57(121-78-72(115-51(23)97)66(109-45(17)91)60(103-39(11)85)54(29-4)118-78)63(106-42(14)88)69(112-48(20)94)75(100)82-33-81(32-7,34-83-76(101)70(113-49(21)95)64(107-43(15)89)58(37(9)27-2)122-79-73(116-52(24)98)67(110-46(18)92)61(104-40(12)86)55(30-5)119-79)35-84-77(102)71(114-50(22)96)65(108-44(16)90)59(38(10)28-3)123-80-74(117-53(25)99)68(111-47(19)93)62(105-41(13)87)56(31-6)120-80/h36-38,54-74,78-80H,26-35H2,1-25H3,(H,82,100)(H,83,101)(H,84,102). The van der Waals surface area contributed by atoms with Crippen LogP contribution in [-0.2, 0) is 186 Å². The summed E-state index contributed by atoms with van der Waals surface area (Å²) in [5.41, 5.74) is -1.94. The van der Waals surface area contributed by atoms with Crippen LogP contribution in [-0.4, -0.2) is 274 Å². The Bertz CT molecular complexity index is 3290. The topological polar surface area (TPSA) is 537 Å². The summed E-state index contributed by atoms with van der Waals surface area (Å²) in [5, 5.41) is 7.99. The van der Waals surface area contributed by atoms with Crippen LogP contribution < -0.4 is 16.0 Å². The highest BCUT2D eigenvalue weighted by Gasteiger charge is 2.59. The van der Waals surface area contributed by atoms with Crippen LogP contribution in [0.2, 0.25) is 0 Å². The summed E-state index contributed by atoms with van der Waals surface area (Å²) < 4.78 is 125. The second-order valence-corrected chi connectivity index (χ2v) is 30.3. The van der Waals surface area contributed by atoms with E-state index in [2.05, 4.69) is 16.0 Å². The quantitative estimate of drug-likeness (QED) is 0.0580. The molecule has 0 spiro atoms. The second kappa shape index (κ2) is 50.9. The van der Waals surface area contributed by atoms with E-state index >= 15 is 14.4 Å². The maximum Gasteiger partial charge on any atom is 0.303 e. The molecule has 698 valence electrons. The molecular weight excluding hydrogens is 1640 g/mol. The van der Waals surface area contributed by atoms with Crippen molar-refractivity contribution in [1.29, 1.82) is 0 Å². The van der Waals surface area contributed by atoms with Gasteiger partial charge in [-0.05, 0) is 43.4 Å². The number of rotatable bonds is 46. The lowest BCUT2D eigenvalue weighted by Crippen LogP contribution is -2.64. The molecule has 0 bridgehead atoms. The average Bonchev–Trinajstić information content (AvgIpc) is 0.784. The second-order valence-electron chi connectivity index (χ2n) is 30.3. The van der Waals surface area contributed by atoms with Gasteiger partial charge in [0.1, 0.15) is 36.6 Å². The molecule has 0 aromatic carbocycles. The number of esters is 15. The molecule has 42 nitrogen and oxygen atoms in total. The van der Waals surface area contributed by atoms with E-state index in [9.17, 15) is 71.9 Å². The fraction of sp³-hybridized carbons (Fsp3) is 0.778. The van der Waals surface area contributed by atoms with E-state index in [0.29, 0.717) is 0 Å². The van der Waals surface area contributed by atoms with E-state index in [0.717, 1.165) is 104 Å². The SMILES string of the molecule is CCC(C)C(OC1OC(CC)C(OC(C)=O)C(OC(C)=O)C1OC(C)=O)C(OC(C)=O)C(OC(C)=O)C(=O)NCC(CC)(CNC(=O)C(OC(C)=O)C(OC(C)=O)C(OC1OC(CC)C(OC(C)=O)C(OC(C)=O)C1OC(C)=O)C(C)CC)CNC(=O)C(OC(C)=O)C(OC(C)=O)C(OC1OC(CC)C(OC(C)=O)C(OC(C)=O)C1OC(C)=O)C(C)CC. The number of ether oxygens (including phenoxy) is 21. The first-order chi connectivity index (χ1) is 57.5. The van der Waals surface area contributed by atoms with Gasteiger partial charge in [0, 0.05) is 129 Å². The van der Waals surface area contributed by atoms with E-state index in [1.54, 1.807) is 62.3 Å². The summed E-state index contributed by atoms with van der Waals surface area (Å²) in [6, 6.07) is 0. The van der Waals surface area contributed by atoms with Crippen molar-refractivity contribution in [3.63, 3.8) is 0 Å². The van der Waals surface area contributed by atoms with Crippen molar-refractivity contribution in [2.24, 2.45) is 23.2 Å². The molecule has 3 saturated heterocycles. The molecule has 3 aliphatic heterocycles. The molecule has 27 unspecified atom stereocenters. The summed E-state index contributed by atoms with van der Waals surface area (Å²) in [5.74, 6) is -21.9. The largest absolute Gasteiger partial charge is 0.456 e. The highest BCUT2D eigenvalue weighted by atomic mass is 16.8. The zero-order valence-electron chi connectivity index (χ0n) is 74.6. The molecule has 123 heavy (non-hydrogen) atoms. The summed E-state index contributed by atoms with van der Waals surface area (Å²) in [6.07, 6.45) is -41.8. The molecule has 0 aromatic rings. The molecule has 0 saturated carbocycles. The molecule has 3 rings (SSSR count). The van der Waals surface area contributed by atoms with Gasteiger partial charge in [-0.15, -0.1) is 0 Å². The highest BCUT2D eigenvalue weighted by Crippen LogP contribution is 2.39. The van der Waals surface area contributed by atoms with Crippen LogP contribution in [0.3, 0.4) is 0 Å². The Morgan fingerprint density at radius 3 is 0.610 bits per heavy atom. The first kappa shape index (κ1) is 107. The van der Waals surface area contributed by atoms with Crippen LogP contribution in [0.5, 0.6) is 0 Å². The molecule has 3 aliphatic rings. The molecule has 3 heterocycles. The minimum Gasteiger partial charge on any atom is -0.456 e. The summed E-state index contributed by atoms with van der Waals surface area (Å²) >= 11 is 0. The van der Waals surface area contributed by atoms with E-state index in [1.807, 2.05) is 0 Å². The fourth-order valence-electron chi connectivity index (χ4n) is 14.2. The molecule has 3 amide bonds. The van der Waals surface area contributed by atoms with Crippen molar-refractivity contribution < 1.29 is 186 Å². The van der Waals surface area contributed by atoms with Crippen LogP contribution in [0.15, 0.2) is 0 Å². The van der Waals surface area contributed by atoms with Crippen molar-refractivity contribution in [1.82, 2.24) is 16.0 Å². The first-order valence-electron chi connectivity index (χ1n) is 40.8. The van der Waals surface area contributed by atoms with Gasteiger partial charge in [0.2, 0.25) is 18.3 Å². The summed E-state index contributed by atoms with van der Waals surface area (Å²) in [7, 11) is 0. The Labute approximate surface area is 714 Å². The maximum atomic E-state index is 15.7. The average molecular weight is 1760 g/mol. The Hall–Kier alpha value is -9.78. The first-order valence-corrected chi connectivity index (χ1v) is 40.8. The zero-order valence-corrected chi connectivity index (χ0v) is 74.6. The van der Waals surface area contributed by atoms with Crippen LogP contribution in [0.25, 0.3) is 0 Å². The van der Waals surface area contributed by atoms with Gasteiger partial charge in [-0.25, -0.2) is 0 Å². The molecular formula is C81H125N3O39. The van der Waals surface area contributed by atoms with Crippen LogP contribution in [0.4, 0.5) is 0 Å². The number of carbonyl (C=O) groups is 18. The van der Waals surface area contributed by atoms with Crippen LogP contribution in [0.1, 0.15) is 218 Å². The van der Waals surface area contributed by atoms with Crippen molar-refractivity contribution in [2.75, 3.05) is 19.6 Å². The molecule has 0 aliphatic carbocycles. The Morgan fingerprint density at radius 2 is 0.447 bits per heavy atom. The zero-order chi connectivity index (χ0) is 93.5.